The molecule has 1 aromatic carbocycles. The Kier molecular flexibility index (Phi) is 5.37. The summed E-state index contributed by atoms with van der Waals surface area (Å²) in [6.07, 6.45) is 5.67. The smallest absolute Gasteiger partial charge is 0.204 e. The molecule has 3 aromatic heterocycles. The van der Waals surface area contributed by atoms with E-state index in [1.54, 1.807) is 18.3 Å². The van der Waals surface area contributed by atoms with Gasteiger partial charge >= 0.3 is 0 Å². The van der Waals surface area contributed by atoms with Crippen molar-refractivity contribution in [1.82, 2.24) is 15.1 Å². The second-order valence-corrected chi connectivity index (χ2v) is 6.81. The van der Waals surface area contributed by atoms with Gasteiger partial charge in [0.2, 0.25) is 6.20 Å². The summed E-state index contributed by atoms with van der Waals surface area (Å²) in [5, 5.41) is 5.82. The first-order valence-corrected chi connectivity index (χ1v) is 9.33. The number of rotatable bonds is 7. The van der Waals surface area contributed by atoms with Gasteiger partial charge in [-0.05, 0) is 35.9 Å². The Hall–Kier alpha value is -3.49. The number of ether oxygens (including phenoxy) is 1. The molecule has 0 spiro atoms. The molecule has 3 heterocycles. The van der Waals surface area contributed by atoms with E-state index in [4.69, 9.17) is 21.3 Å². The number of nitrogens with two attached hydrogens (primary N) is 2. The van der Waals surface area contributed by atoms with Gasteiger partial charge in [0.15, 0.2) is 12.4 Å². The minimum Gasteiger partial charge on any atom is -0.396 e. The number of nitrogens with one attached hydrogen (secondary N) is 1. The summed E-state index contributed by atoms with van der Waals surface area (Å²) in [5.74, 6) is 6.88. The van der Waals surface area contributed by atoms with Gasteiger partial charge in [0.25, 0.3) is 0 Å². The first-order valence-electron chi connectivity index (χ1n) is 9.33. The van der Waals surface area contributed by atoms with Gasteiger partial charge in [-0.25, -0.2) is 10.8 Å². The molecule has 4 aromatic rings. The van der Waals surface area contributed by atoms with Gasteiger partial charge in [0.1, 0.15) is 6.61 Å². The summed E-state index contributed by atoms with van der Waals surface area (Å²) in [4.78, 5) is 9.04. The summed E-state index contributed by atoms with van der Waals surface area (Å²) in [6, 6.07) is 13.7. The Balaban J connectivity index is 1.56. The number of aromatic amines is 1. The van der Waals surface area contributed by atoms with Gasteiger partial charge in [-0.1, -0.05) is 12.1 Å². The lowest BCUT2D eigenvalue weighted by atomic mass is 10.1. The second kappa shape index (κ2) is 8.26. The Labute approximate surface area is 168 Å². The molecule has 0 amide bonds. The highest BCUT2D eigenvalue weighted by Gasteiger charge is 2.14. The summed E-state index contributed by atoms with van der Waals surface area (Å²) >= 11 is 0. The number of benzene rings is 1. The highest BCUT2D eigenvalue weighted by Crippen LogP contribution is 2.25. The highest BCUT2D eigenvalue weighted by molar-refractivity contribution is 5.79. The molecule has 0 bridgehead atoms. The molecule has 8 nitrogen and oxygen atoms in total. The van der Waals surface area contributed by atoms with Crippen LogP contribution in [0.15, 0.2) is 61.1 Å². The Morgan fingerprint density at radius 3 is 2.97 bits per heavy atom. The SMILES string of the molecule is COCC[n+]1cc(-c2ccc(N)c(N(N)Cc3ccc4ncccc4c3)n2)c[nH]1. The highest BCUT2D eigenvalue weighted by atomic mass is 16.5. The molecular formula is C21H24N7O+. The van der Waals surface area contributed by atoms with Crippen LogP contribution >= 0.6 is 0 Å². The van der Waals surface area contributed by atoms with Crippen LogP contribution in [0.4, 0.5) is 11.5 Å². The third-order valence-electron chi connectivity index (χ3n) is 4.71. The van der Waals surface area contributed by atoms with Crippen LogP contribution in [-0.4, -0.2) is 28.8 Å². The van der Waals surface area contributed by atoms with E-state index in [2.05, 4.69) is 16.1 Å². The molecule has 0 unspecified atom stereocenters. The average molecular weight is 390 g/mol. The van der Waals surface area contributed by atoms with E-state index >= 15 is 0 Å². The lowest BCUT2D eigenvalue weighted by molar-refractivity contribution is -0.750. The van der Waals surface area contributed by atoms with E-state index in [9.17, 15) is 0 Å². The third kappa shape index (κ3) is 4.18. The van der Waals surface area contributed by atoms with E-state index in [-0.39, 0.29) is 0 Å². The number of nitrogens with zero attached hydrogens (tertiary/aromatic N) is 4. The van der Waals surface area contributed by atoms with Crippen molar-refractivity contribution in [2.75, 3.05) is 24.5 Å². The molecule has 0 saturated carbocycles. The first-order chi connectivity index (χ1) is 14.1. The number of methoxy groups -OCH3 is 1. The molecule has 0 saturated heterocycles. The molecule has 0 aliphatic heterocycles. The molecule has 8 heteroatoms. The predicted octanol–water partition coefficient (Wildman–Crippen LogP) is 2.02. The Bertz CT molecular complexity index is 1120. The molecule has 0 fully saturated rings. The summed E-state index contributed by atoms with van der Waals surface area (Å²) in [5.41, 5.74) is 10.4. The van der Waals surface area contributed by atoms with Gasteiger partial charge in [0.05, 0.1) is 35.2 Å². The fraction of sp³-hybridized carbons (Fsp3) is 0.190. The monoisotopic (exact) mass is 390 g/mol. The molecule has 29 heavy (non-hydrogen) atoms. The molecule has 0 aliphatic carbocycles. The standard InChI is InChI=1S/C21H23N7O/c1-29-10-9-27-14-17(12-25-27)20-7-5-18(22)21(26-20)28(23)13-15-4-6-19-16(11-15)3-2-8-24-19/h2-8,11-12,14H,9-10,13,22-23H2,1H3/p+1. The number of hydrazine groups is 1. The topological polar surface area (TPSA) is 110 Å². The zero-order valence-electron chi connectivity index (χ0n) is 16.2. The summed E-state index contributed by atoms with van der Waals surface area (Å²) in [6.45, 7) is 1.84. The fourth-order valence-electron chi connectivity index (χ4n) is 3.20. The second-order valence-electron chi connectivity index (χ2n) is 6.81. The van der Waals surface area contributed by atoms with Crippen molar-refractivity contribution in [3.63, 3.8) is 0 Å². The molecule has 4 rings (SSSR count). The lowest BCUT2D eigenvalue weighted by Crippen LogP contribution is -2.36. The zero-order chi connectivity index (χ0) is 20.2. The Morgan fingerprint density at radius 2 is 2.10 bits per heavy atom. The number of hydrogen-bond donors (Lipinski definition) is 3. The maximum atomic E-state index is 6.34. The van der Waals surface area contributed by atoms with Crippen LogP contribution in [0.1, 0.15) is 5.56 Å². The van der Waals surface area contributed by atoms with E-state index in [1.807, 2.05) is 53.5 Å². The number of H-pyrrole nitrogens is 1. The van der Waals surface area contributed by atoms with Crippen LogP contribution in [0.3, 0.4) is 0 Å². The van der Waals surface area contributed by atoms with Crippen LogP contribution in [0.5, 0.6) is 0 Å². The number of hydrogen-bond acceptors (Lipinski definition) is 6. The molecule has 148 valence electrons. The van der Waals surface area contributed by atoms with Crippen LogP contribution in [0.25, 0.3) is 22.2 Å². The number of anilines is 2. The largest absolute Gasteiger partial charge is 0.396 e. The fourth-order valence-corrected chi connectivity index (χ4v) is 3.20. The lowest BCUT2D eigenvalue weighted by Gasteiger charge is -2.20. The van der Waals surface area contributed by atoms with E-state index in [0.29, 0.717) is 24.7 Å². The molecule has 0 aliphatic rings. The van der Waals surface area contributed by atoms with Crippen molar-refractivity contribution in [2.45, 2.75) is 13.1 Å². The van der Waals surface area contributed by atoms with Crippen molar-refractivity contribution in [3.05, 3.63) is 66.6 Å². The summed E-state index contributed by atoms with van der Waals surface area (Å²) < 4.78 is 7.05. The molecule has 0 radical (unpaired) electrons. The van der Waals surface area contributed by atoms with Crippen molar-refractivity contribution < 1.29 is 9.42 Å². The van der Waals surface area contributed by atoms with Crippen LogP contribution in [-0.2, 0) is 17.8 Å². The minimum absolute atomic E-state index is 0.479. The average Bonchev–Trinajstić information content (AvgIpc) is 3.21. The van der Waals surface area contributed by atoms with Gasteiger partial charge in [-0.3, -0.25) is 9.99 Å². The van der Waals surface area contributed by atoms with Crippen molar-refractivity contribution in [3.8, 4) is 11.3 Å². The number of pyridine rings is 2. The van der Waals surface area contributed by atoms with Gasteiger partial charge in [-0.15, -0.1) is 4.68 Å². The minimum atomic E-state index is 0.479. The predicted molar refractivity (Wildman–Crippen MR) is 113 cm³/mol. The molecule has 5 N–H and O–H groups in total. The van der Waals surface area contributed by atoms with Crippen molar-refractivity contribution in [2.24, 2.45) is 5.84 Å². The maximum absolute atomic E-state index is 6.34. The first kappa shape index (κ1) is 18.9. The normalized spacial score (nSPS) is 11.1. The molecule has 0 atom stereocenters. The van der Waals surface area contributed by atoms with Gasteiger partial charge in [-0.2, -0.15) is 5.10 Å². The van der Waals surface area contributed by atoms with Crippen LogP contribution < -0.4 is 21.3 Å². The van der Waals surface area contributed by atoms with Crippen molar-refractivity contribution >= 4 is 22.4 Å². The van der Waals surface area contributed by atoms with Crippen LogP contribution in [0.2, 0.25) is 0 Å². The number of fused-ring (bicyclic) bond motifs is 1. The quantitative estimate of drug-likeness (QED) is 0.253. The third-order valence-corrected chi connectivity index (χ3v) is 4.71. The Morgan fingerprint density at radius 1 is 1.21 bits per heavy atom. The molecular weight excluding hydrogens is 366 g/mol. The maximum Gasteiger partial charge on any atom is 0.204 e. The van der Waals surface area contributed by atoms with Gasteiger partial charge < -0.3 is 10.5 Å². The number of aromatic nitrogens is 4. The van der Waals surface area contributed by atoms with E-state index in [0.717, 1.165) is 34.3 Å². The van der Waals surface area contributed by atoms with Gasteiger partial charge in [0, 0.05) is 18.7 Å². The number of nitrogen functional groups attached to an aromatic ring is 1. The zero-order valence-corrected chi connectivity index (χ0v) is 16.2. The van der Waals surface area contributed by atoms with Crippen LogP contribution in [0, 0.1) is 0 Å². The van der Waals surface area contributed by atoms with E-state index < -0.39 is 0 Å². The van der Waals surface area contributed by atoms with E-state index in [1.165, 1.54) is 0 Å². The van der Waals surface area contributed by atoms with Crippen molar-refractivity contribution in [1.29, 1.82) is 0 Å². The summed E-state index contributed by atoms with van der Waals surface area (Å²) in [7, 11) is 1.68.